The van der Waals surface area contributed by atoms with Gasteiger partial charge in [0.15, 0.2) is 11.6 Å². The summed E-state index contributed by atoms with van der Waals surface area (Å²) in [5, 5.41) is 13.5. The van der Waals surface area contributed by atoms with Gasteiger partial charge in [-0.05, 0) is 49.2 Å². The van der Waals surface area contributed by atoms with Gasteiger partial charge in [0.25, 0.3) is 5.91 Å². The molecule has 1 atom stereocenters. The first-order chi connectivity index (χ1) is 16.5. The molecule has 2 aromatic rings. The Hall–Kier alpha value is -3.72. The first-order valence-electron chi connectivity index (χ1n) is 11.3. The summed E-state index contributed by atoms with van der Waals surface area (Å²) in [4.78, 5) is 40.2. The Bertz CT molecular complexity index is 1160. The third kappa shape index (κ3) is 5.51. The molecule has 35 heavy (non-hydrogen) atoms. The van der Waals surface area contributed by atoms with Crippen LogP contribution in [0, 0.1) is 5.82 Å². The van der Waals surface area contributed by atoms with Gasteiger partial charge in [-0.3, -0.25) is 9.59 Å². The molecule has 0 saturated carbocycles. The van der Waals surface area contributed by atoms with E-state index in [0.717, 1.165) is 11.0 Å². The lowest BCUT2D eigenvalue weighted by Crippen LogP contribution is -3.06. The Kier molecular flexibility index (Phi) is 7.91. The predicted octanol–water partition coefficient (Wildman–Crippen LogP) is 0.768. The molecule has 1 unspecified atom stereocenters. The van der Waals surface area contributed by atoms with Crippen molar-refractivity contribution in [3.63, 3.8) is 0 Å². The van der Waals surface area contributed by atoms with Crippen LogP contribution >= 0.6 is 0 Å². The summed E-state index contributed by atoms with van der Waals surface area (Å²) >= 11 is 0. The van der Waals surface area contributed by atoms with E-state index in [4.69, 9.17) is 9.47 Å². The van der Waals surface area contributed by atoms with E-state index >= 15 is 0 Å². The highest BCUT2D eigenvalue weighted by Crippen LogP contribution is 2.39. The van der Waals surface area contributed by atoms with E-state index in [0.29, 0.717) is 12.1 Å². The molecule has 1 N–H and O–H groups in total. The molecule has 8 nitrogen and oxygen atoms in total. The van der Waals surface area contributed by atoms with E-state index in [9.17, 15) is 23.9 Å². The van der Waals surface area contributed by atoms with Crippen LogP contribution in [-0.4, -0.2) is 63.0 Å². The lowest BCUT2D eigenvalue weighted by atomic mass is 9.94. The van der Waals surface area contributed by atoms with Crippen molar-refractivity contribution in [2.24, 2.45) is 0 Å². The summed E-state index contributed by atoms with van der Waals surface area (Å²) in [6, 6.07) is 8.90. The van der Waals surface area contributed by atoms with Gasteiger partial charge in [-0.1, -0.05) is 24.0 Å². The van der Waals surface area contributed by atoms with Crippen molar-refractivity contribution >= 4 is 23.4 Å². The van der Waals surface area contributed by atoms with E-state index in [1.54, 1.807) is 26.0 Å². The quantitative estimate of drug-likeness (QED) is 0.257. The van der Waals surface area contributed by atoms with Gasteiger partial charge in [-0.15, -0.1) is 0 Å². The molecule has 0 radical (unpaired) electrons. The second-order valence-electron chi connectivity index (χ2n) is 8.86. The Balaban J connectivity index is 2.11. The lowest BCUT2D eigenvalue weighted by molar-refractivity contribution is -0.857. The number of amides is 1. The zero-order chi connectivity index (χ0) is 25.9. The number of carbonyl (C=O) groups excluding carboxylic acids is 3. The fourth-order valence-corrected chi connectivity index (χ4v) is 3.86. The van der Waals surface area contributed by atoms with E-state index in [2.05, 4.69) is 0 Å². The van der Waals surface area contributed by atoms with Crippen molar-refractivity contribution in [2.75, 3.05) is 34.3 Å². The monoisotopic (exact) mass is 484 g/mol. The van der Waals surface area contributed by atoms with Crippen LogP contribution in [0.25, 0.3) is 5.76 Å². The SMILES string of the molecule is COC(=O)c1ccc(C2C(=C([O-])c3ccc(OC(C)C)c(F)c3)C(=O)C(=O)N2CC[NH+](C)C)cc1. The van der Waals surface area contributed by atoms with E-state index in [1.807, 2.05) is 14.1 Å². The Morgan fingerprint density at radius 3 is 2.29 bits per heavy atom. The molecule has 1 fully saturated rings. The van der Waals surface area contributed by atoms with Gasteiger partial charge in [0.1, 0.15) is 0 Å². The average Bonchev–Trinajstić information content (AvgIpc) is 3.07. The molecule has 2 aromatic carbocycles. The molecule has 1 amide bonds. The van der Waals surface area contributed by atoms with Gasteiger partial charge in [-0.25, -0.2) is 9.18 Å². The number of carbonyl (C=O) groups is 3. The van der Waals surface area contributed by atoms with Crippen LogP contribution in [0.2, 0.25) is 0 Å². The van der Waals surface area contributed by atoms with Gasteiger partial charge in [0, 0.05) is 5.57 Å². The van der Waals surface area contributed by atoms with E-state index < -0.39 is 35.3 Å². The second-order valence-corrected chi connectivity index (χ2v) is 8.86. The maximum atomic E-state index is 14.6. The Morgan fingerprint density at radius 1 is 1.11 bits per heavy atom. The largest absolute Gasteiger partial charge is 0.872 e. The summed E-state index contributed by atoms with van der Waals surface area (Å²) in [5.41, 5.74) is 0.443. The van der Waals surface area contributed by atoms with Crippen molar-refractivity contribution < 1.29 is 38.3 Å². The first-order valence-corrected chi connectivity index (χ1v) is 11.3. The van der Waals surface area contributed by atoms with Crippen LogP contribution in [0.4, 0.5) is 4.39 Å². The van der Waals surface area contributed by atoms with E-state index in [1.165, 1.54) is 36.3 Å². The van der Waals surface area contributed by atoms with E-state index in [-0.39, 0.29) is 35.1 Å². The maximum absolute atomic E-state index is 14.6. The predicted molar refractivity (Wildman–Crippen MR) is 124 cm³/mol. The van der Waals surface area contributed by atoms with Crippen LogP contribution in [0.3, 0.4) is 0 Å². The number of likely N-dealkylation sites (tertiary alicyclic amines) is 1. The molecule has 1 saturated heterocycles. The number of quaternary nitrogens is 1. The number of Topliss-reactive ketones (excluding diaryl/α,β-unsaturated/α-hetero) is 1. The van der Waals surface area contributed by atoms with Crippen molar-refractivity contribution in [2.45, 2.75) is 26.0 Å². The van der Waals surface area contributed by atoms with Crippen molar-refractivity contribution in [1.82, 2.24) is 4.90 Å². The Labute approximate surface area is 203 Å². The molecule has 0 aliphatic carbocycles. The number of ether oxygens (including phenoxy) is 2. The van der Waals surface area contributed by atoms with Gasteiger partial charge >= 0.3 is 5.97 Å². The number of likely N-dealkylation sites (N-methyl/N-ethyl adjacent to an activating group) is 1. The summed E-state index contributed by atoms with van der Waals surface area (Å²) in [7, 11) is 5.07. The number of nitrogens with zero attached hydrogens (tertiary/aromatic N) is 1. The summed E-state index contributed by atoms with van der Waals surface area (Å²) in [5.74, 6) is -3.75. The zero-order valence-electron chi connectivity index (χ0n) is 20.4. The van der Waals surface area contributed by atoms with Crippen molar-refractivity contribution in [3.05, 3.63) is 70.5 Å². The number of hydrogen-bond donors (Lipinski definition) is 1. The number of nitrogens with one attached hydrogen (secondary N) is 1. The molecule has 3 rings (SSSR count). The molecular formula is C26H29FN2O6. The number of methoxy groups -OCH3 is 1. The standard InChI is InChI=1S/C26H29FN2O6/c1-15(2)35-20-11-10-18(14-19(20)27)23(30)21-22(16-6-8-17(9-7-16)26(33)34-5)29(13-12-28(3)4)25(32)24(21)31/h6-11,14-15,22,30H,12-13H2,1-5H3. The molecule has 1 heterocycles. The number of benzene rings is 2. The first kappa shape index (κ1) is 25.9. The summed E-state index contributed by atoms with van der Waals surface area (Å²) < 4.78 is 24.7. The molecule has 1 aliphatic heterocycles. The summed E-state index contributed by atoms with van der Waals surface area (Å²) in [6.45, 7) is 4.25. The molecule has 9 heteroatoms. The van der Waals surface area contributed by atoms with Gasteiger partial charge in [0.2, 0.25) is 5.78 Å². The van der Waals surface area contributed by atoms with Crippen molar-refractivity contribution in [1.29, 1.82) is 0 Å². The molecule has 0 aromatic heterocycles. The number of hydrogen-bond acceptors (Lipinski definition) is 6. The third-order valence-electron chi connectivity index (χ3n) is 5.59. The molecule has 1 aliphatic rings. The minimum Gasteiger partial charge on any atom is -0.872 e. The minimum atomic E-state index is -0.969. The lowest BCUT2D eigenvalue weighted by Gasteiger charge is -2.28. The molecular weight excluding hydrogens is 455 g/mol. The average molecular weight is 485 g/mol. The molecule has 186 valence electrons. The topological polar surface area (TPSA) is 100 Å². The number of esters is 1. The van der Waals surface area contributed by atoms with Gasteiger partial charge < -0.3 is 24.4 Å². The minimum absolute atomic E-state index is 0.0130. The highest BCUT2D eigenvalue weighted by molar-refractivity contribution is 6.46. The van der Waals surface area contributed by atoms with Crippen molar-refractivity contribution in [3.8, 4) is 5.75 Å². The fraction of sp³-hybridized carbons (Fsp3) is 0.346. The van der Waals surface area contributed by atoms with Crippen LogP contribution in [-0.2, 0) is 14.3 Å². The third-order valence-corrected chi connectivity index (χ3v) is 5.59. The van der Waals surface area contributed by atoms with Gasteiger partial charge in [0.05, 0.1) is 52.0 Å². The number of ketones is 1. The Morgan fingerprint density at radius 2 is 1.74 bits per heavy atom. The number of rotatable bonds is 8. The second kappa shape index (κ2) is 10.7. The zero-order valence-corrected chi connectivity index (χ0v) is 20.4. The normalized spacial score (nSPS) is 17.4. The van der Waals surface area contributed by atoms with Crippen LogP contribution in [0.15, 0.2) is 48.0 Å². The van der Waals surface area contributed by atoms with Crippen LogP contribution in [0.1, 0.15) is 41.4 Å². The maximum Gasteiger partial charge on any atom is 0.337 e. The van der Waals surface area contributed by atoms with Crippen LogP contribution < -0.4 is 14.7 Å². The smallest absolute Gasteiger partial charge is 0.337 e. The fourth-order valence-electron chi connectivity index (χ4n) is 3.86. The summed E-state index contributed by atoms with van der Waals surface area (Å²) in [6.07, 6.45) is -0.265. The van der Waals surface area contributed by atoms with Crippen LogP contribution in [0.5, 0.6) is 5.75 Å². The highest BCUT2D eigenvalue weighted by Gasteiger charge is 2.44. The number of halogens is 1. The molecule has 0 spiro atoms. The van der Waals surface area contributed by atoms with Gasteiger partial charge in [-0.2, -0.15) is 0 Å². The highest BCUT2D eigenvalue weighted by atomic mass is 19.1. The molecule has 0 bridgehead atoms.